The summed E-state index contributed by atoms with van der Waals surface area (Å²) in [6.07, 6.45) is -6.61. The number of hydrogen-bond donors (Lipinski definition) is 1. The number of ether oxygens (including phenoxy) is 4. The van der Waals surface area contributed by atoms with Crippen LogP contribution < -0.4 is 19.5 Å². The topological polar surface area (TPSA) is 96.7 Å². The van der Waals surface area contributed by atoms with Gasteiger partial charge in [-0.05, 0) is 68.1 Å². The standard InChI is InChI=1S/C30H25F5N4O5/c1-16(17-9-10-23-24(14-17)44-30(34,35)43-23)42-25-15-20(11-12-36-25)39-26-21(27(38-39)29(31,32)33)7-4-8-22(26)37-19-6-3-5-18(13-19)28(40)41-2/h3,5-6,9-16,22,37H,4,7-8H2,1-2H3/t16-,22-/m0/s1. The van der Waals surface area contributed by atoms with E-state index in [2.05, 4.69) is 24.9 Å². The third kappa shape index (κ3) is 5.71. The normalized spacial score (nSPS) is 17.5. The first-order valence-corrected chi connectivity index (χ1v) is 13.6. The van der Waals surface area contributed by atoms with Gasteiger partial charge in [-0.25, -0.2) is 14.5 Å². The molecule has 0 spiro atoms. The zero-order chi connectivity index (χ0) is 31.2. The second-order valence-corrected chi connectivity index (χ2v) is 10.3. The Labute approximate surface area is 247 Å². The Morgan fingerprint density at radius 3 is 2.68 bits per heavy atom. The zero-order valence-electron chi connectivity index (χ0n) is 23.3. The number of pyridine rings is 1. The van der Waals surface area contributed by atoms with Crippen molar-refractivity contribution in [2.45, 2.75) is 50.8 Å². The lowest BCUT2D eigenvalue weighted by molar-refractivity contribution is -0.286. The van der Waals surface area contributed by atoms with Gasteiger partial charge >= 0.3 is 18.4 Å². The monoisotopic (exact) mass is 616 g/mol. The van der Waals surface area contributed by atoms with Crippen LogP contribution in [0.5, 0.6) is 17.4 Å². The van der Waals surface area contributed by atoms with Crippen molar-refractivity contribution in [2.75, 3.05) is 12.4 Å². The molecule has 0 radical (unpaired) electrons. The summed E-state index contributed by atoms with van der Waals surface area (Å²) in [7, 11) is 1.26. The number of carbonyl (C=O) groups is 1. The molecular weight excluding hydrogens is 591 g/mol. The SMILES string of the molecule is COC(=O)c1cccc(N[C@H]2CCCc3c(C(F)(F)F)nn(-c4ccnc(O[C@@H](C)c5ccc6c(c5)OC(F)(F)O6)c4)c32)c1. The first kappa shape index (κ1) is 29.2. The van der Waals surface area contributed by atoms with Gasteiger partial charge < -0.3 is 24.3 Å². The Hall–Kier alpha value is -4.88. The Morgan fingerprint density at radius 1 is 1.11 bits per heavy atom. The van der Waals surface area contributed by atoms with E-state index in [1.807, 2.05) is 0 Å². The first-order chi connectivity index (χ1) is 20.9. The predicted molar refractivity (Wildman–Crippen MR) is 145 cm³/mol. The van der Waals surface area contributed by atoms with E-state index >= 15 is 0 Å². The van der Waals surface area contributed by atoms with E-state index in [-0.39, 0.29) is 35.1 Å². The van der Waals surface area contributed by atoms with Gasteiger partial charge in [0.15, 0.2) is 17.2 Å². The summed E-state index contributed by atoms with van der Waals surface area (Å²) in [5, 5.41) is 7.28. The fourth-order valence-corrected chi connectivity index (χ4v) is 5.37. The molecule has 2 aromatic carbocycles. The van der Waals surface area contributed by atoms with Gasteiger partial charge in [0.05, 0.1) is 30.1 Å². The van der Waals surface area contributed by atoms with Gasteiger partial charge in [-0.3, -0.25) is 0 Å². The lowest BCUT2D eigenvalue weighted by Crippen LogP contribution is -2.25. The molecular formula is C30H25F5N4O5. The van der Waals surface area contributed by atoms with Crippen LogP contribution in [-0.4, -0.2) is 34.1 Å². The van der Waals surface area contributed by atoms with Crippen molar-refractivity contribution >= 4 is 11.7 Å². The number of halogens is 5. The Morgan fingerprint density at radius 2 is 1.91 bits per heavy atom. The number of carbonyl (C=O) groups excluding carboxylic acids is 1. The molecule has 14 heteroatoms. The third-order valence-corrected chi connectivity index (χ3v) is 7.32. The summed E-state index contributed by atoms with van der Waals surface area (Å²) in [6.45, 7) is 1.66. The van der Waals surface area contributed by atoms with E-state index in [9.17, 15) is 26.7 Å². The van der Waals surface area contributed by atoms with Gasteiger partial charge in [-0.1, -0.05) is 12.1 Å². The average Bonchev–Trinajstić information content (AvgIpc) is 3.54. The van der Waals surface area contributed by atoms with Crippen LogP contribution in [0, 0.1) is 0 Å². The number of aromatic nitrogens is 3. The van der Waals surface area contributed by atoms with Crippen molar-refractivity contribution in [3.8, 4) is 23.1 Å². The highest BCUT2D eigenvalue weighted by molar-refractivity contribution is 5.90. The quantitative estimate of drug-likeness (QED) is 0.175. The van der Waals surface area contributed by atoms with Gasteiger partial charge in [-0.2, -0.15) is 18.3 Å². The largest absolute Gasteiger partial charge is 0.586 e. The van der Waals surface area contributed by atoms with E-state index in [1.54, 1.807) is 31.2 Å². The van der Waals surface area contributed by atoms with Crippen LogP contribution in [0.4, 0.5) is 27.6 Å². The second kappa shape index (κ2) is 11.0. The van der Waals surface area contributed by atoms with Crippen molar-refractivity contribution in [2.24, 2.45) is 0 Å². The van der Waals surface area contributed by atoms with Crippen molar-refractivity contribution in [1.29, 1.82) is 0 Å². The molecule has 9 nitrogen and oxygen atoms in total. The molecule has 6 rings (SSSR count). The molecule has 3 heterocycles. The Kier molecular flexibility index (Phi) is 7.30. The number of rotatable bonds is 7. The van der Waals surface area contributed by atoms with Gasteiger partial charge in [0.1, 0.15) is 6.10 Å². The van der Waals surface area contributed by atoms with Gasteiger partial charge in [-0.15, -0.1) is 8.78 Å². The van der Waals surface area contributed by atoms with Crippen LogP contribution in [0.25, 0.3) is 5.69 Å². The summed E-state index contributed by atoms with van der Waals surface area (Å²) < 4.78 is 90.3. The molecule has 2 atom stereocenters. The highest BCUT2D eigenvalue weighted by Crippen LogP contribution is 2.43. The summed E-state index contributed by atoms with van der Waals surface area (Å²) in [5.41, 5.74) is 0.999. The molecule has 1 aliphatic carbocycles. The summed E-state index contributed by atoms with van der Waals surface area (Å²) >= 11 is 0. The maximum Gasteiger partial charge on any atom is 0.586 e. The van der Waals surface area contributed by atoms with Crippen molar-refractivity contribution < 1.29 is 45.7 Å². The van der Waals surface area contributed by atoms with E-state index < -0.39 is 36.3 Å². The minimum absolute atomic E-state index is 0.0712. The number of nitrogens with zero attached hydrogens (tertiary/aromatic N) is 3. The van der Waals surface area contributed by atoms with Crippen LogP contribution in [-0.2, 0) is 17.3 Å². The zero-order valence-corrected chi connectivity index (χ0v) is 23.3. The molecule has 1 N–H and O–H groups in total. The van der Waals surface area contributed by atoms with E-state index in [1.165, 1.54) is 48.3 Å². The number of anilines is 1. The number of fused-ring (bicyclic) bond motifs is 2. The smallest absolute Gasteiger partial charge is 0.470 e. The van der Waals surface area contributed by atoms with Crippen molar-refractivity contribution in [3.63, 3.8) is 0 Å². The van der Waals surface area contributed by atoms with Crippen molar-refractivity contribution in [3.05, 3.63) is 88.9 Å². The predicted octanol–water partition coefficient (Wildman–Crippen LogP) is 7.02. The minimum atomic E-state index is -4.70. The molecule has 4 aromatic rings. The fraction of sp³-hybridized carbons (Fsp3) is 0.300. The maximum atomic E-state index is 14.2. The number of esters is 1. The minimum Gasteiger partial charge on any atom is -0.470 e. The highest BCUT2D eigenvalue weighted by atomic mass is 19.4. The number of benzene rings is 2. The van der Waals surface area contributed by atoms with Crippen LogP contribution in [0.3, 0.4) is 0 Å². The molecule has 0 fully saturated rings. The fourth-order valence-electron chi connectivity index (χ4n) is 5.37. The first-order valence-electron chi connectivity index (χ1n) is 13.6. The summed E-state index contributed by atoms with van der Waals surface area (Å²) in [5.74, 6) is -0.736. The lowest BCUT2D eigenvalue weighted by atomic mass is 9.91. The number of methoxy groups -OCH3 is 1. The molecule has 230 valence electrons. The van der Waals surface area contributed by atoms with Crippen molar-refractivity contribution in [1.82, 2.24) is 14.8 Å². The van der Waals surface area contributed by atoms with Gasteiger partial charge in [0.2, 0.25) is 5.88 Å². The van der Waals surface area contributed by atoms with Gasteiger partial charge in [0, 0.05) is 23.5 Å². The molecule has 0 amide bonds. The molecule has 2 aliphatic rings. The summed E-state index contributed by atoms with van der Waals surface area (Å²) in [6, 6.07) is 13.1. The number of hydrogen-bond acceptors (Lipinski definition) is 8. The van der Waals surface area contributed by atoms with E-state index in [4.69, 9.17) is 9.47 Å². The molecule has 0 saturated carbocycles. The highest BCUT2D eigenvalue weighted by Gasteiger charge is 2.44. The molecule has 1 aliphatic heterocycles. The molecule has 0 saturated heterocycles. The second-order valence-electron chi connectivity index (χ2n) is 10.3. The summed E-state index contributed by atoms with van der Waals surface area (Å²) in [4.78, 5) is 16.2. The van der Waals surface area contributed by atoms with E-state index in [0.29, 0.717) is 35.3 Å². The molecule has 0 unspecified atom stereocenters. The Balaban J connectivity index is 1.32. The Bertz CT molecular complexity index is 1720. The van der Waals surface area contributed by atoms with Crippen LogP contribution >= 0.6 is 0 Å². The lowest BCUT2D eigenvalue weighted by Gasteiger charge is -2.27. The molecule has 44 heavy (non-hydrogen) atoms. The van der Waals surface area contributed by atoms with Gasteiger partial charge in [0.25, 0.3) is 0 Å². The van der Waals surface area contributed by atoms with Crippen LogP contribution in [0.2, 0.25) is 0 Å². The number of nitrogens with one attached hydrogen (secondary N) is 1. The van der Waals surface area contributed by atoms with Crippen LogP contribution in [0.15, 0.2) is 60.8 Å². The molecule has 2 aromatic heterocycles. The third-order valence-electron chi connectivity index (χ3n) is 7.32. The van der Waals surface area contributed by atoms with E-state index in [0.717, 1.165) is 0 Å². The number of alkyl halides is 5. The molecule has 0 bridgehead atoms. The van der Waals surface area contributed by atoms with Crippen LogP contribution in [0.1, 0.15) is 64.8 Å². The average molecular weight is 617 g/mol. The maximum absolute atomic E-state index is 14.2.